The van der Waals surface area contributed by atoms with Crippen LogP contribution >= 0.6 is 0 Å². The lowest BCUT2D eigenvalue weighted by Gasteiger charge is -2.37. The summed E-state index contributed by atoms with van der Waals surface area (Å²) >= 11 is 0. The molecule has 3 heteroatoms. The van der Waals surface area contributed by atoms with Crippen LogP contribution in [-0.4, -0.2) is 50.3 Å². The molecule has 1 N–H and O–H groups in total. The molecule has 2 atom stereocenters. The normalized spacial score (nSPS) is 30.8. The molecule has 1 heterocycles. The topological polar surface area (TPSA) is 24.5 Å². The molecule has 2 unspecified atom stereocenters. The number of hydrogen-bond acceptors (Lipinski definition) is 3. The fourth-order valence-corrected chi connectivity index (χ4v) is 3.12. The number of morpholine rings is 1. The minimum absolute atomic E-state index is 0.589. The molecule has 2 rings (SSSR count). The van der Waals surface area contributed by atoms with Gasteiger partial charge >= 0.3 is 0 Å². The van der Waals surface area contributed by atoms with E-state index < -0.39 is 0 Å². The van der Waals surface area contributed by atoms with Crippen molar-refractivity contribution in [1.29, 1.82) is 0 Å². The van der Waals surface area contributed by atoms with Crippen LogP contribution in [0.1, 0.15) is 32.6 Å². The average Bonchev–Trinajstić information content (AvgIpc) is 2.81. The van der Waals surface area contributed by atoms with Crippen molar-refractivity contribution in [3.05, 3.63) is 0 Å². The van der Waals surface area contributed by atoms with Crippen LogP contribution in [-0.2, 0) is 4.74 Å². The third-order valence-electron chi connectivity index (χ3n) is 4.28. The summed E-state index contributed by atoms with van der Waals surface area (Å²) in [7, 11) is 2.12. The maximum atomic E-state index is 5.49. The van der Waals surface area contributed by atoms with Gasteiger partial charge in [-0.3, -0.25) is 4.90 Å². The summed E-state index contributed by atoms with van der Waals surface area (Å²) in [6, 6.07) is 1.27. The van der Waals surface area contributed by atoms with Gasteiger partial charge in [0, 0.05) is 25.2 Å². The van der Waals surface area contributed by atoms with Crippen molar-refractivity contribution in [3.63, 3.8) is 0 Å². The van der Waals surface area contributed by atoms with Gasteiger partial charge in [0.1, 0.15) is 0 Å². The molecule has 0 spiro atoms. The van der Waals surface area contributed by atoms with Crippen molar-refractivity contribution in [2.45, 2.75) is 44.7 Å². The zero-order valence-electron chi connectivity index (χ0n) is 10.7. The molecule has 0 aromatic rings. The smallest absolute Gasteiger partial charge is 0.0619 e. The van der Waals surface area contributed by atoms with Gasteiger partial charge in [-0.2, -0.15) is 0 Å². The maximum absolute atomic E-state index is 5.49. The molecule has 0 aromatic heterocycles. The SMILES string of the molecule is CNC(CN1CCOCC1C)C1CCCC1. The minimum Gasteiger partial charge on any atom is -0.379 e. The van der Waals surface area contributed by atoms with Crippen LogP contribution in [0.15, 0.2) is 0 Å². The molecule has 0 bridgehead atoms. The van der Waals surface area contributed by atoms with Gasteiger partial charge in [0.2, 0.25) is 0 Å². The second-order valence-electron chi connectivity index (χ2n) is 5.36. The number of nitrogens with one attached hydrogen (secondary N) is 1. The van der Waals surface area contributed by atoms with Crippen molar-refractivity contribution < 1.29 is 4.74 Å². The molecular weight excluding hydrogens is 200 g/mol. The molecular formula is C13H26N2O. The highest BCUT2D eigenvalue weighted by Crippen LogP contribution is 2.28. The summed E-state index contributed by atoms with van der Waals surface area (Å²) < 4.78 is 5.49. The van der Waals surface area contributed by atoms with E-state index >= 15 is 0 Å². The Kier molecular flexibility index (Phi) is 4.62. The Hall–Kier alpha value is -0.120. The summed E-state index contributed by atoms with van der Waals surface area (Å²) in [5, 5.41) is 3.53. The predicted octanol–water partition coefficient (Wildman–Crippen LogP) is 1.49. The molecule has 0 aromatic carbocycles. The van der Waals surface area contributed by atoms with E-state index in [1.165, 1.54) is 32.2 Å². The highest BCUT2D eigenvalue weighted by Gasteiger charge is 2.28. The Morgan fingerprint density at radius 3 is 2.75 bits per heavy atom. The van der Waals surface area contributed by atoms with Crippen LogP contribution in [0.25, 0.3) is 0 Å². The first-order valence-corrected chi connectivity index (χ1v) is 6.80. The Balaban J connectivity index is 1.84. The standard InChI is InChI=1S/C13H26N2O/c1-11-10-16-8-7-15(11)9-13(14-2)12-5-3-4-6-12/h11-14H,3-10H2,1-2H3. The van der Waals surface area contributed by atoms with Gasteiger partial charge in [0.05, 0.1) is 13.2 Å². The predicted molar refractivity (Wildman–Crippen MR) is 66.7 cm³/mol. The van der Waals surface area contributed by atoms with E-state index in [9.17, 15) is 0 Å². The Labute approximate surface area is 99.5 Å². The lowest BCUT2D eigenvalue weighted by Crippen LogP contribution is -2.51. The van der Waals surface area contributed by atoms with E-state index in [1.54, 1.807) is 0 Å². The molecule has 0 radical (unpaired) electrons. The first-order chi connectivity index (χ1) is 7.81. The molecule has 2 fully saturated rings. The minimum atomic E-state index is 0.589. The van der Waals surface area contributed by atoms with Gasteiger partial charge in [0.15, 0.2) is 0 Å². The highest BCUT2D eigenvalue weighted by atomic mass is 16.5. The monoisotopic (exact) mass is 226 g/mol. The van der Waals surface area contributed by atoms with Crippen molar-refractivity contribution in [1.82, 2.24) is 10.2 Å². The van der Waals surface area contributed by atoms with Gasteiger partial charge in [-0.1, -0.05) is 12.8 Å². The molecule has 3 nitrogen and oxygen atoms in total. The van der Waals surface area contributed by atoms with Crippen molar-refractivity contribution >= 4 is 0 Å². The fraction of sp³-hybridized carbons (Fsp3) is 1.00. The van der Waals surface area contributed by atoms with E-state index in [4.69, 9.17) is 4.74 Å². The first kappa shape index (κ1) is 12.3. The highest BCUT2D eigenvalue weighted by molar-refractivity contribution is 4.84. The van der Waals surface area contributed by atoms with Crippen LogP contribution in [0.2, 0.25) is 0 Å². The molecule has 0 amide bonds. The molecule has 16 heavy (non-hydrogen) atoms. The molecule has 1 aliphatic heterocycles. The molecule has 2 aliphatic rings. The van der Waals surface area contributed by atoms with E-state index in [2.05, 4.69) is 24.2 Å². The number of likely N-dealkylation sites (N-methyl/N-ethyl adjacent to an activating group) is 1. The fourth-order valence-electron chi connectivity index (χ4n) is 3.12. The third-order valence-corrected chi connectivity index (χ3v) is 4.28. The summed E-state index contributed by atoms with van der Waals surface area (Å²) in [6.45, 7) is 6.39. The lowest BCUT2D eigenvalue weighted by atomic mass is 9.97. The summed E-state index contributed by atoms with van der Waals surface area (Å²) in [4.78, 5) is 2.59. The van der Waals surface area contributed by atoms with Crippen LogP contribution in [0.5, 0.6) is 0 Å². The van der Waals surface area contributed by atoms with Gasteiger partial charge in [-0.05, 0) is 32.7 Å². The Bertz CT molecular complexity index is 204. The van der Waals surface area contributed by atoms with Gasteiger partial charge in [-0.15, -0.1) is 0 Å². The van der Waals surface area contributed by atoms with E-state index in [-0.39, 0.29) is 0 Å². The Morgan fingerprint density at radius 2 is 2.12 bits per heavy atom. The second-order valence-corrected chi connectivity index (χ2v) is 5.36. The van der Waals surface area contributed by atoms with E-state index in [0.29, 0.717) is 12.1 Å². The van der Waals surface area contributed by atoms with Crippen molar-refractivity contribution in [3.8, 4) is 0 Å². The van der Waals surface area contributed by atoms with Gasteiger partial charge < -0.3 is 10.1 Å². The van der Waals surface area contributed by atoms with E-state index in [1.807, 2.05) is 0 Å². The summed E-state index contributed by atoms with van der Waals surface area (Å²) in [6.07, 6.45) is 5.71. The first-order valence-electron chi connectivity index (χ1n) is 6.80. The van der Waals surface area contributed by atoms with Crippen LogP contribution < -0.4 is 5.32 Å². The summed E-state index contributed by atoms with van der Waals surface area (Å²) in [5.41, 5.74) is 0. The number of nitrogens with zero attached hydrogens (tertiary/aromatic N) is 1. The molecule has 94 valence electrons. The number of hydrogen-bond donors (Lipinski definition) is 1. The number of ether oxygens (including phenoxy) is 1. The quantitative estimate of drug-likeness (QED) is 0.786. The molecule has 1 saturated carbocycles. The number of rotatable bonds is 4. The van der Waals surface area contributed by atoms with Gasteiger partial charge in [0.25, 0.3) is 0 Å². The largest absolute Gasteiger partial charge is 0.379 e. The third kappa shape index (κ3) is 2.96. The lowest BCUT2D eigenvalue weighted by molar-refractivity contribution is -0.00685. The molecule has 1 aliphatic carbocycles. The van der Waals surface area contributed by atoms with Crippen LogP contribution in [0.3, 0.4) is 0 Å². The Morgan fingerprint density at radius 1 is 1.38 bits per heavy atom. The maximum Gasteiger partial charge on any atom is 0.0619 e. The van der Waals surface area contributed by atoms with E-state index in [0.717, 1.165) is 25.7 Å². The molecule has 1 saturated heterocycles. The average molecular weight is 226 g/mol. The van der Waals surface area contributed by atoms with Crippen LogP contribution in [0, 0.1) is 5.92 Å². The zero-order chi connectivity index (χ0) is 11.4. The summed E-state index contributed by atoms with van der Waals surface area (Å²) in [5.74, 6) is 0.903. The van der Waals surface area contributed by atoms with Gasteiger partial charge in [-0.25, -0.2) is 0 Å². The van der Waals surface area contributed by atoms with Crippen LogP contribution in [0.4, 0.5) is 0 Å². The van der Waals surface area contributed by atoms with Crippen molar-refractivity contribution in [2.24, 2.45) is 5.92 Å². The second kappa shape index (κ2) is 5.99. The van der Waals surface area contributed by atoms with Crippen molar-refractivity contribution in [2.75, 3.05) is 33.4 Å². The zero-order valence-corrected chi connectivity index (χ0v) is 10.7.